The van der Waals surface area contributed by atoms with Gasteiger partial charge in [-0.25, -0.2) is 4.68 Å². The molecule has 7 heteroatoms. The fourth-order valence-corrected chi connectivity index (χ4v) is 2.77. The fourth-order valence-electron chi connectivity index (χ4n) is 2.77. The number of aliphatic imine (C=N–C) groups is 1. The quantitative estimate of drug-likeness (QED) is 0.488. The maximum atomic E-state index is 5.44. The maximum Gasteiger partial charge on any atom is 0.191 e. The zero-order chi connectivity index (χ0) is 19.8. The molecular formula is C21H25N5O2. The zero-order valence-electron chi connectivity index (χ0n) is 16.3. The zero-order valence-corrected chi connectivity index (χ0v) is 16.3. The van der Waals surface area contributed by atoms with Crippen molar-refractivity contribution in [2.45, 2.75) is 13.1 Å². The molecule has 3 rings (SSSR count). The molecule has 0 spiro atoms. The highest BCUT2D eigenvalue weighted by atomic mass is 16.5. The van der Waals surface area contributed by atoms with E-state index in [1.807, 2.05) is 47.3 Å². The minimum atomic E-state index is 0.588. The molecule has 0 radical (unpaired) electrons. The van der Waals surface area contributed by atoms with E-state index in [9.17, 15) is 0 Å². The van der Waals surface area contributed by atoms with Crippen molar-refractivity contribution in [3.63, 3.8) is 0 Å². The molecule has 28 heavy (non-hydrogen) atoms. The molecule has 2 aromatic carbocycles. The Morgan fingerprint density at radius 1 is 1.04 bits per heavy atom. The van der Waals surface area contributed by atoms with E-state index in [1.165, 1.54) is 0 Å². The van der Waals surface area contributed by atoms with Crippen molar-refractivity contribution >= 4 is 5.96 Å². The van der Waals surface area contributed by atoms with Crippen LogP contribution in [0.15, 0.2) is 65.9 Å². The van der Waals surface area contributed by atoms with E-state index in [1.54, 1.807) is 27.5 Å². The van der Waals surface area contributed by atoms with E-state index < -0.39 is 0 Å². The largest absolute Gasteiger partial charge is 0.497 e. The van der Waals surface area contributed by atoms with Crippen LogP contribution in [0.4, 0.5) is 0 Å². The van der Waals surface area contributed by atoms with Crippen LogP contribution in [0.3, 0.4) is 0 Å². The Morgan fingerprint density at radius 2 is 1.82 bits per heavy atom. The van der Waals surface area contributed by atoms with Crippen molar-refractivity contribution < 1.29 is 9.47 Å². The Kier molecular flexibility index (Phi) is 6.51. The molecule has 0 aliphatic carbocycles. The van der Waals surface area contributed by atoms with E-state index in [0.29, 0.717) is 19.0 Å². The molecule has 146 valence electrons. The lowest BCUT2D eigenvalue weighted by Gasteiger charge is -2.14. The van der Waals surface area contributed by atoms with Gasteiger partial charge in [-0.15, -0.1) is 0 Å². The average Bonchev–Trinajstić information content (AvgIpc) is 3.29. The predicted octanol–water partition coefficient (Wildman–Crippen LogP) is 2.75. The van der Waals surface area contributed by atoms with Crippen molar-refractivity contribution in [1.82, 2.24) is 20.4 Å². The van der Waals surface area contributed by atoms with Crippen LogP contribution >= 0.6 is 0 Å². The van der Waals surface area contributed by atoms with Crippen molar-refractivity contribution in [2.75, 3.05) is 21.3 Å². The third-order valence-electron chi connectivity index (χ3n) is 4.33. The summed E-state index contributed by atoms with van der Waals surface area (Å²) in [5, 5.41) is 10.9. The van der Waals surface area contributed by atoms with Crippen LogP contribution in [0.1, 0.15) is 11.1 Å². The van der Waals surface area contributed by atoms with Crippen molar-refractivity contribution in [2.24, 2.45) is 4.99 Å². The molecule has 1 heterocycles. The first-order valence-corrected chi connectivity index (χ1v) is 8.98. The average molecular weight is 379 g/mol. The van der Waals surface area contributed by atoms with Gasteiger partial charge in [0.1, 0.15) is 11.5 Å². The molecule has 3 aromatic rings. The summed E-state index contributed by atoms with van der Waals surface area (Å²) in [5.41, 5.74) is 3.21. The normalized spacial score (nSPS) is 11.2. The summed E-state index contributed by atoms with van der Waals surface area (Å²) in [6.07, 6.45) is 3.69. The van der Waals surface area contributed by atoms with Gasteiger partial charge in [0, 0.05) is 44.2 Å². The molecule has 0 aliphatic rings. The van der Waals surface area contributed by atoms with E-state index in [0.717, 1.165) is 28.3 Å². The van der Waals surface area contributed by atoms with Crippen LogP contribution in [0.5, 0.6) is 11.5 Å². The van der Waals surface area contributed by atoms with E-state index in [2.05, 4.69) is 32.9 Å². The molecule has 0 fully saturated rings. The molecule has 0 atom stereocenters. The first-order valence-electron chi connectivity index (χ1n) is 8.98. The Labute approximate surface area is 165 Å². The number of hydrogen-bond donors (Lipinski definition) is 2. The topological polar surface area (TPSA) is 72.7 Å². The molecule has 0 bridgehead atoms. The summed E-state index contributed by atoms with van der Waals surface area (Å²) in [7, 11) is 5.04. The smallest absolute Gasteiger partial charge is 0.191 e. The minimum absolute atomic E-state index is 0.588. The van der Waals surface area contributed by atoms with Gasteiger partial charge in [-0.3, -0.25) is 4.99 Å². The van der Waals surface area contributed by atoms with Crippen LogP contribution in [0.2, 0.25) is 0 Å². The second-order valence-corrected chi connectivity index (χ2v) is 6.07. The van der Waals surface area contributed by atoms with Gasteiger partial charge in [-0.1, -0.05) is 12.1 Å². The second kappa shape index (κ2) is 9.45. The van der Waals surface area contributed by atoms with Crippen LogP contribution in [-0.2, 0) is 13.1 Å². The van der Waals surface area contributed by atoms with E-state index >= 15 is 0 Å². The molecule has 0 saturated carbocycles. The van der Waals surface area contributed by atoms with Crippen LogP contribution < -0.4 is 20.1 Å². The van der Waals surface area contributed by atoms with Crippen LogP contribution in [0.25, 0.3) is 5.69 Å². The highest BCUT2D eigenvalue weighted by Gasteiger charge is 2.06. The Balaban J connectivity index is 1.55. The number of nitrogens with one attached hydrogen (secondary N) is 2. The fraction of sp³-hybridized carbons (Fsp3) is 0.238. The number of benzene rings is 2. The van der Waals surface area contributed by atoms with Gasteiger partial charge in [-0.05, 0) is 35.9 Å². The Bertz CT molecular complexity index is 905. The van der Waals surface area contributed by atoms with E-state index in [4.69, 9.17) is 9.47 Å². The SMILES string of the molecule is CN=C(NCc1ccc(-n2cccn2)cc1)NCc1ccc(OC)cc1OC. The van der Waals surface area contributed by atoms with Gasteiger partial charge in [0.15, 0.2) is 5.96 Å². The summed E-state index contributed by atoms with van der Waals surface area (Å²) >= 11 is 0. The second-order valence-electron chi connectivity index (χ2n) is 6.07. The number of methoxy groups -OCH3 is 2. The lowest BCUT2D eigenvalue weighted by molar-refractivity contribution is 0.390. The van der Waals surface area contributed by atoms with Gasteiger partial charge in [0.25, 0.3) is 0 Å². The molecule has 0 unspecified atom stereocenters. The molecular weight excluding hydrogens is 354 g/mol. The number of rotatable bonds is 7. The van der Waals surface area contributed by atoms with Crippen LogP contribution in [-0.4, -0.2) is 37.0 Å². The van der Waals surface area contributed by atoms with Crippen molar-refractivity contribution in [3.05, 3.63) is 72.1 Å². The van der Waals surface area contributed by atoms with Crippen LogP contribution in [0, 0.1) is 0 Å². The van der Waals surface area contributed by atoms with Gasteiger partial charge < -0.3 is 20.1 Å². The van der Waals surface area contributed by atoms with Gasteiger partial charge in [0.05, 0.1) is 19.9 Å². The molecule has 0 saturated heterocycles. The number of ether oxygens (including phenoxy) is 2. The lowest BCUT2D eigenvalue weighted by atomic mass is 10.2. The lowest BCUT2D eigenvalue weighted by Crippen LogP contribution is -2.36. The van der Waals surface area contributed by atoms with Crippen molar-refractivity contribution in [3.8, 4) is 17.2 Å². The Morgan fingerprint density at radius 3 is 2.46 bits per heavy atom. The molecule has 7 nitrogen and oxygen atoms in total. The number of nitrogens with zero attached hydrogens (tertiary/aromatic N) is 3. The predicted molar refractivity (Wildman–Crippen MR) is 110 cm³/mol. The third-order valence-corrected chi connectivity index (χ3v) is 4.33. The Hall–Kier alpha value is -3.48. The summed E-state index contributed by atoms with van der Waals surface area (Å²) in [6.45, 7) is 1.25. The first-order chi connectivity index (χ1) is 13.7. The summed E-state index contributed by atoms with van der Waals surface area (Å²) < 4.78 is 12.5. The number of aromatic nitrogens is 2. The summed E-state index contributed by atoms with van der Waals surface area (Å²) in [6, 6.07) is 15.9. The minimum Gasteiger partial charge on any atom is -0.497 e. The van der Waals surface area contributed by atoms with Gasteiger partial charge in [-0.2, -0.15) is 5.10 Å². The number of guanidine groups is 1. The van der Waals surface area contributed by atoms with Gasteiger partial charge >= 0.3 is 0 Å². The molecule has 0 aliphatic heterocycles. The molecule has 0 amide bonds. The monoisotopic (exact) mass is 379 g/mol. The van der Waals surface area contributed by atoms with Crippen molar-refractivity contribution in [1.29, 1.82) is 0 Å². The highest BCUT2D eigenvalue weighted by Crippen LogP contribution is 2.24. The molecule has 1 aromatic heterocycles. The van der Waals surface area contributed by atoms with E-state index in [-0.39, 0.29) is 0 Å². The molecule has 2 N–H and O–H groups in total. The maximum absolute atomic E-state index is 5.44. The third kappa shape index (κ3) is 4.82. The highest BCUT2D eigenvalue weighted by molar-refractivity contribution is 5.79. The first kappa shape index (κ1) is 19.3. The summed E-state index contributed by atoms with van der Waals surface area (Å²) in [4.78, 5) is 4.28. The number of hydrogen-bond acceptors (Lipinski definition) is 4. The van der Waals surface area contributed by atoms with Gasteiger partial charge in [0.2, 0.25) is 0 Å². The summed E-state index contributed by atoms with van der Waals surface area (Å²) in [5.74, 6) is 2.26. The standard InChI is InChI=1S/C21H25N5O2/c1-22-21(24-15-17-7-10-19(27-2)13-20(17)28-3)23-14-16-5-8-18(9-6-16)26-12-4-11-25-26/h4-13H,14-15H2,1-3H3,(H2,22,23,24).